The lowest BCUT2D eigenvalue weighted by molar-refractivity contribution is 0.414. The van der Waals surface area contributed by atoms with Gasteiger partial charge in [0, 0.05) is 12.6 Å². The first-order valence-corrected chi connectivity index (χ1v) is 6.37. The Morgan fingerprint density at radius 2 is 1.80 bits per heavy atom. The van der Waals surface area contributed by atoms with Crippen LogP contribution in [0.4, 0.5) is 10.1 Å². The Bertz CT molecular complexity index is 603. The first-order valence-electron chi connectivity index (χ1n) is 6.37. The minimum absolute atomic E-state index is 0.307. The van der Waals surface area contributed by atoms with E-state index in [0.29, 0.717) is 23.7 Å². The number of anilines is 1. The van der Waals surface area contributed by atoms with Gasteiger partial charge in [0.1, 0.15) is 17.3 Å². The van der Waals surface area contributed by atoms with E-state index in [0.717, 1.165) is 16.7 Å². The second-order valence-electron chi connectivity index (χ2n) is 4.78. The molecule has 106 valence electrons. The third-order valence-corrected chi connectivity index (χ3v) is 3.21. The lowest BCUT2D eigenvalue weighted by atomic mass is 10.1. The number of nitrogens with one attached hydrogen (secondary N) is 1. The van der Waals surface area contributed by atoms with E-state index in [1.54, 1.807) is 19.2 Å². The molecule has 0 radical (unpaired) electrons. The van der Waals surface area contributed by atoms with Gasteiger partial charge in [-0.1, -0.05) is 12.1 Å². The molecule has 0 aliphatic carbocycles. The lowest BCUT2D eigenvalue weighted by Gasteiger charge is -2.11. The summed E-state index contributed by atoms with van der Waals surface area (Å²) in [6, 6.07) is 8.33. The van der Waals surface area contributed by atoms with Crippen LogP contribution < -0.4 is 10.1 Å². The third-order valence-electron chi connectivity index (χ3n) is 3.21. The standard InChI is InChI=1S/C16H18FNO2/c1-10-6-12(7-11(2)16(10)19)9-18-15-8-13(20-3)4-5-14(15)17/h4-8,18-19H,9H2,1-3H3. The highest BCUT2D eigenvalue weighted by Gasteiger charge is 2.06. The molecule has 0 fully saturated rings. The van der Waals surface area contributed by atoms with Crippen molar-refractivity contribution in [1.29, 1.82) is 0 Å². The van der Waals surface area contributed by atoms with E-state index in [-0.39, 0.29) is 5.82 Å². The van der Waals surface area contributed by atoms with Gasteiger partial charge in [0.05, 0.1) is 12.8 Å². The van der Waals surface area contributed by atoms with Gasteiger partial charge in [0.25, 0.3) is 0 Å². The van der Waals surface area contributed by atoms with Crippen molar-refractivity contribution in [2.75, 3.05) is 12.4 Å². The Kier molecular flexibility index (Phi) is 4.13. The highest BCUT2D eigenvalue weighted by molar-refractivity contribution is 5.51. The summed E-state index contributed by atoms with van der Waals surface area (Å²) in [4.78, 5) is 0. The van der Waals surface area contributed by atoms with Gasteiger partial charge in [-0.05, 0) is 42.7 Å². The molecule has 0 aliphatic heterocycles. The zero-order chi connectivity index (χ0) is 14.7. The third kappa shape index (κ3) is 3.02. The molecule has 4 heteroatoms. The van der Waals surface area contributed by atoms with Gasteiger partial charge in [-0.15, -0.1) is 0 Å². The molecule has 2 N–H and O–H groups in total. The molecule has 0 unspecified atom stereocenters. The SMILES string of the molecule is COc1ccc(F)c(NCc2cc(C)c(O)c(C)c2)c1. The van der Waals surface area contributed by atoms with Crippen molar-refractivity contribution in [3.8, 4) is 11.5 Å². The normalized spacial score (nSPS) is 10.4. The van der Waals surface area contributed by atoms with E-state index in [1.807, 2.05) is 26.0 Å². The number of halogens is 1. The quantitative estimate of drug-likeness (QED) is 0.892. The Morgan fingerprint density at radius 1 is 1.15 bits per heavy atom. The molecule has 0 saturated carbocycles. The molecule has 0 amide bonds. The minimum atomic E-state index is -0.321. The minimum Gasteiger partial charge on any atom is -0.507 e. The molecule has 2 rings (SSSR count). The van der Waals surface area contributed by atoms with Crippen molar-refractivity contribution in [3.05, 3.63) is 52.8 Å². The summed E-state index contributed by atoms with van der Waals surface area (Å²) in [5.41, 5.74) is 3.01. The molecule has 0 heterocycles. The van der Waals surface area contributed by atoms with Crippen molar-refractivity contribution >= 4 is 5.69 Å². The van der Waals surface area contributed by atoms with Crippen molar-refractivity contribution in [1.82, 2.24) is 0 Å². The molecule has 0 bridgehead atoms. The van der Waals surface area contributed by atoms with Gasteiger partial charge in [-0.3, -0.25) is 0 Å². The van der Waals surface area contributed by atoms with Gasteiger partial charge in [0.2, 0.25) is 0 Å². The molecule has 3 nitrogen and oxygen atoms in total. The van der Waals surface area contributed by atoms with Crippen LogP contribution in [0, 0.1) is 19.7 Å². The molecule has 2 aromatic rings. The van der Waals surface area contributed by atoms with E-state index in [4.69, 9.17) is 4.74 Å². The molecule has 0 aliphatic rings. The Morgan fingerprint density at radius 3 is 2.40 bits per heavy atom. The van der Waals surface area contributed by atoms with Crippen LogP contribution in [0.1, 0.15) is 16.7 Å². The predicted octanol–water partition coefficient (Wildman–Crippen LogP) is 3.77. The average Bonchev–Trinajstić information content (AvgIpc) is 2.43. The summed E-state index contributed by atoms with van der Waals surface area (Å²) in [5, 5.41) is 12.8. The van der Waals surface area contributed by atoms with E-state index in [2.05, 4.69) is 5.32 Å². The fourth-order valence-electron chi connectivity index (χ4n) is 2.11. The lowest BCUT2D eigenvalue weighted by Crippen LogP contribution is -2.02. The van der Waals surface area contributed by atoms with E-state index < -0.39 is 0 Å². The molecule has 0 atom stereocenters. The fourth-order valence-corrected chi connectivity index (χ4v) is 2.11. The van der Waals surface area contributed by atoms with Crippen LogP contribution in [-0.2, 0) is 6.54 Å². The zero-order valence-corrected chi connectivity index (χ0v) is 11.8. The maximum Gasteiger partial charge on any atom is 0.146 e. The van der Waals surface area contributed by atoms with E-state index in [9.17, 15) is 9.50 Å². The average molecular weight is 275 g/mol. The van der Waals surface area contributed by atoms with Crippen molar-refractivity contribution in [2.24, 2.45) is 0 Å². The highest BCUT2D eigenvalue weighted by atomic mass is 19.1. The summed E-state index contributed by atoms with van der Waals surface area (Å²) < 4.78 is 18.7. The molecule has 2 aromatic carbocycles. The zero-order valence-electron chi connectivity index (χ0n) is 11.8. The Hall–Kier alpha value is -2.23. The number of hydrogen-bond acceptors (Lipinski definition) is 3. The van der Waals surface area contributed by atoms with Gasteiger partial charge in [0.15, 0.2) is 0 Å². The molecular formula is C16H18FNO2. The van der Waals surface area contributed by atoms with Crippen LogP contribution in [0.5, 0.6) is 11.5 Å². The van der Waals surface area contributed by atoms with Crippen molar-refractivity contribution < 1.29 is 14.2 Å². The fraction of sp³-hybridized carbons (Fsp3) is 0.250. The Labute approximate surface area is 118 Å². The summed E-state index contributed by atoms with van der Waals surface area (Å²) in [6.07, 6.45) is 0. The summed E-state index contributed by atoms with van der Waals surface area (Å²) in [7, 11) is 1.55. The summed E-state index contributed by atoms with van der Waals surface area (Å²) in [6.45, 7) is 4.17. The van der Waals surface area contributed by atoms with Crippen LogP contribution in [0.2, 0.25) is 0 Å². The number of methoxy groups -OCH3 is 1. The van der Waals surface area contributed by atoms with Crippen LogP contribution >= 0.6 is 0 Å². The topological polar surface area (TPSA) is 41.5 Å². The second kappa shape index (κ2) is 5.82. The second-order valence-corrected chi connectivity index (χ2v) is 4.78. The maximum atomic E-state index is 13.7. The van der Waals surface area contributed by atoms with Gasteiger partial charge in [-0.2, -0.15) is 0 Å². The summed E-state index contributed by atoms with van der Waals surface area (Å²) >= 11 is 0. The molecule has 0 saturated heterocycles. The largest absolute Gasteiger partial charge is 0.507 e. The van der Waals surface area contributed by atoms with Crippen LogP contribution in [-0.4, -0.2) is 12.2 Å². The van der Waals surface area contributed by atoms with Crippen LogP contribution in [0.15, 0.2) is 30.3 Å². The molecule has 0 aromatic heterocycles. The van der Waals surface area contributed by atoms with Crippen LogP contribution in [0.25, 0.3) is 0 Å². The number of rotatable bonds is 4. The first-order chi connectivity index (χ1) is 9.51. The molecular weight excluding hydrogens is 257 g/mol. The number of phenolic OH excluding ortho intramolecular Hbond substituents is 1. The van der Waals surface area contributed by atoms with Gasteiger partial charge >= 0.3 is 0 Å². The summed E-state index contributed by atoms with van der Waals surface area (Å²) in [5.74, 6) is 0.589. The highest BCUT2D eigenvalue weighted by Crippen LogP contribution is 2.25. The molecule has 0 spiro atoms. The van der Waals surface area contributed by atoms with Crippen molar-refractivity contribution in [2.45, 2.75) is 20.4 Å². The number of aromatic hydroxyl groups is 1. The number of phenols is 1. The monoisotopic (exact) mass is 275 g/mol. The Balaban J connectivity index is 2.16. The van der Waals surface area contributed by atoms with Crippen LogP contribution in [0.3, 0.4) is 0 Å². The van der Waals surface area contributed by atoms with Gasteiger partial charge in [-0.25, -0.2) is 4.39 Å². The first kappa shape index (κ1) is 14.2. The van der Waals surface area contributed by atoms with E-state index >= 15 is 0 Å². The molecule has 20 heavy (non-hydrogen) atoms. The number of aryl methyl sites for hydroxylation is 2. The number of hydrogen-bond donors (Lipinski definition) is 2. The number of benzene rings is 2. The predicted molar refractivity (Wildman–Crippen MR) is 77.9 cm³/mol. The number of ether oxygens (including phenoxy) is 1. The van der Waals surface area contributed by atoms with Crippen molar-refractivity contribution in [3.63, 3.8) is 0 Å². The van der Waals surface area contributed by atoms with E-state index in [1.165, 1.54) is 6.07 Å². The maximum absolute atomic E-state index is 13.7. The van der Waals surface area contributed by atoms with Gasteiger partial charge < -0.3 is 15.2 Å². The smallest absolute Gasteiger partial charge is 0.146 e.